The number of hydrogen-bond acceptors (Lipinski definition) is 6. The third kappa shape index (κ3) is 1.99. The molecule has 1 unspecified atom stereocenters. The lowest BCUT2D eigenvalue weighted by atomic mass is 9.75. The van der Waals surface area contributed by atoms with Gasteiger partial charge < -0.3 is 10.0 Å². The lowest BCUT2D eigenvalue weighted by Gasteiger charge is -2.32. The van der Waals surface area contributed by atoms with Crippen LogP contribution in [-0.2, 0) is 9.63 Å². The van der Waals surface area contributed by atoms with Crippen LogP contribution >= 0.6 is 0 Å². The van der Waals surface area contributed by atoms with Gasteiger partial charge in [-0.05, 0) is 6.92 Å². The zero-order chi connectivity index (χ0) is 14.1. The van der Waals surface area contributed by atoms with E-state index in [1.165, 1.54) is 19.2 Å². The van der Waals surface area contributed by atoms with Gasteiger partial charge in [-0.3, -0.25) is 4.79 Å². The topological polar surface area (TPSA) is 86.5 Å². The molecule has 1 amide bonds. The molecule has 0 bridgehead atoms. The Morgan fingerprint density at radius 3 is 2.50 bits per heavy atom. The highest BCUT2D eigenvalue weighted by atomic mass is 16.6. The summed E-state index contributed by atoms with van der Waals surface area (Å²) in [6.45, 7) is 7.32. The fraction of sp³-hybridized carbons (Fsp3) is 0.727. The summed E-state index contributed by atoms with van der Waals surface area (Å²) in [6.07, 6.45) is 0. The van der Waals surface area contributed by atoms with Crippen LogP contribution in [0.25, 0.3) is 0 Å². The van der Waals surface area contributed by atoms with Crippen LogP contribution < -0.4 is 5.48 Å². The van der Waals surface area contributed by atoms with E-state index in [9.17, 15) is 10.0 Å². The first-order valence-electron chi connectivity index (χ1n) is 5.59. The second-order valence-electron chi connectivity index (χ2n) is 5.25. The Balaban J connectivity index is 3.44. The molecule has 0 spiro atoms. The Bertz CT molecular complexity index is 411. The third-order valence-electron chi connectivity index (χ3n) is 2.87. The molecule has 0 aromatic rings. The first-order chi connectivity index (χ1) is 8.21. The minimum absolute atomic E-state index is 0.301. The van der Waals surface area contributed by atoms with E-state index in [1.54, 1.807) is 6.92 Å². The molecule has 0 saturated carbocycles. The number of nitrogens with one attached hydrogen (secondary N) is 1. The average molecular weight is 256 g/mol. The number of amides is 1. The van der Waals surface area contributed by atoms with Gasteiger partial charge in [-0.25, -0.2) is 5.01 Å². The number of carbonyl (C=O) groups is 1. The van der Waals surface area contributed by atoms with Gasteiger partial charge in [0, 0.05) is 12.5 Å². The number of hydroxylamine groups is 1. The van der Waals surface area contributed by atoms with Crippen molar-refractivity contribution < 1.29 is 14.8 Å². The molecule has 102 valence electrons. The van der Waals surface area contributed by atoms with E-state index in [1.807, 2.05) is 20.8 Å². The van der Waals surface area contributed by atoms with Crippen molar-refractivity contribution >= 4 is 17.3 Å². The summed E-state index contributed by atoms with van der Waals surface area (Å²) in [6, 6.07) is 0. The Labute approximate surface area is 106 Å². The largest absolute Gasteiger partial charge is 0.399 e. The van der Waals surface area contributed by atoms with E-state index in [0.717, 1.165) is 0 Å². The van der Waals surface area contributed by atoms with Crippen molar-refractivity contribution in [2.45, 2.75) is 33.2 Å². The van der Waals surface area contributed by atoms with Crippen LogP contribution in [-0.4, -0.2) is 47.2 Å². The summed E-state index contributed by atoms with van der Waals surface area (Å²) >= 11 is 0. The molecular formula is C11H20N4O3. The van der Waals surface area contributed by atoms with Crippen LogP contribution in [0.5, 0.6) is 0 Å². The van der Waals surface area contributed by atoms with Crippen LogP contribution in [0.3, 0.4) is 0 Å². The molecule has 1 heterocycles. The van der Waals surface area contributed by atoms with Gasteiger partial charge in [0.05, 0.1) is 11.4 Å². The average Bonchev–Trinajstić information content (AvgIpc) is 2.53. The number of rotatable bonds is 3. The summed E-state index contributed by atoms with van der Waals surface area (Å²) in [4.78, 5) is 17.0. The predicted molar refractivity (Wildman–Crippen MR) is 67.4 cm³/mol. The van der Waals surface area contributed by atoms with Gasteiger partial charge in [-0.15, -0.1) is 0 Å². The van der Waals surface area contributed by atoms with Crippen molar-refractivity contribution in [1.29, 1.82) is 0 Å². The standard InChI is InChI=1S/C11H20N4O3/c1-7(13-18-6)11(14-17)8(10(2,3)4)12-15(5)9(11)16/h14,17H,1-6H3. The van der Waals surface area contributed by atoms with E-state index in [2.05, 4.69) is 15.7 Å². The molecule has 0 aromatic carbocycles. The number of carbonyl (C=O) groups excluding carboxylic acids is 1. The molecule has 18 heavy (non-hydrogen) atoms. The summed E-state index contributed by atoms with van der Waals surface area (Å²) < 4.78 is 0. The van der Waals surface area contributed by atoms with Gasteiger partial charge >= 0.3 is 0 Å². The van der Waals surface area contributed by atoms with E-state index >= 15 is 0 Å². The maximum atomic E-state index is 12.3. The fourth-order valence-electron chi connectivity index (χ4n) is 2.04. The van der Waals surface area contributed by atoms with E-state index in [-0.39, 0.29) is 0 Å². The Kier molecular flexibility index (Phi) is 3.78. The molecule has 7 heteroatoms. The number of hydrazone groups is 1. The van der Waals surface area contributed by atoms with Crippen molar-refractivity contribution in [1.82, 2.24) is 10.5 Å². The molecule has 7 nitrogen and oxygen atoms in total. The fourth-order valence-corrected chi connectivity index (χ4v) is 2.04. The summed E-state index contributed by atoms with van der Waals surface area (Å²) in [5.74, 6) is -0.395. The van der Waals surface area contributed by atoms with Gasteiger partial charge in [-0.1, -0.05) is 25.9 Å². The molecule has 0 aliphatic carbocycles. The molecule has 0 radical (unpaired) electrons. The second-order valence-corrected chi connectivity index (χ2v) is 5.25. The predicted octanol–water partition coefficient (Wildman–Crippen LogP) is 0.600. The zero-order valence-electron chi connectivity index (χ0n) is 11.6. The normalized spacial score (nSPS) is 25.5. The maximum Gasteiger partial charge on any atom is 0.276 e. The van der Waals surface area contributed by atoms with Crippen LogP contribution in [0.2, 0.25) is 0 Å². The van der Waals surface area contributed by atoms with Crippen LogP contribution in [0.4, 0.5) is 0 Å². The smallest absolute Gasteiger partial charge is 0.276 e. The second kappa shape index (κ2) is 4.66. The number of nitrogens with zero attached hydrogens (tertiary/aromatic N) is 3. The van der Waals surface area contributed by atoms with Crippen molar-refractivity contribution in [2.24, 2.45) is 15.7 Å². The van der Waals surface area contributed by atoms with Crippen molar-refractivity contribution in [3.05, 3.63) is 0 Å². The van der Waals surface area contributed by atoms with Gasteiger partial charge in [0.15, 0.2) is 0 Å². The Hall–Kier alpha value is -1.47. The van der Waals surface area contributed by atoms with Crippen molar-refractivity contribution in [3.63, 3.8) is 0 Å². The lowest BCUT2D eigenvalue weighted by Crippen LogP contribution is -2.63. The third-order valence-corrected chi connectivity index (χ3v) is 2.87. The SMILES string of the molecule is CON=C(C)C1(NO)C(=O)N(C)N=C1C(C)(C)C. The zero-order valence-corrected chi connectivity index (χ0v) is 11.6. The highest BCUT2D eigenvalue weighted by molar-refractivity contribution is 6.34. The first-order valence-corrected chi connectivity index (χ1v) is 5.59. The minimum Gasteiger partial charge on any atom is -0.399 e. The molecule has 1 aliphatic rings. The van der Waals surface area contributed by atoms with Crippen LogP contribution in [0.15, 0.2) is 10.3 Å². The Morgan fingerprint density at radius 1 is 1.56 bits per heavy atom. The van der Waals surface area contributed by atoms with Gasteiger partial charge in [0.25, 0.3) is 5.91 Å². The maximum absolute atomic E-state index is 12.3. The molecule has 1 aliphatic heterocycles. The monoisotopic (exact) mass is 256 g/mol. The number of hydrogen-bond donors (Lipinski definition) is 2. The highest BCUT2D eigenvalue weighted by Crippen LogP contribution is 2.32. The van der Waals surface area contributed by atoms with Crippen molar-refractivity contribution in [3.8, 4) is 0 Å². The van der Waals surface area contributed by atoms with Gasteiger partial charge in [-0.2, -0.15) is 10.6 Å². The van der Waals surface area contributed by atoms with E-state index < -0.39 is 16.9 Å². The molecule has 0 saturated heterocycles. The van der Waals surface area contributed by atoms with Crippen molar-refractivity contribution in [2.75, 3.05) is 14.2 Å². The minimum atomic E-state index is -1.46. The molecule has 0 fully saturated rings. The van der Waals surface area contributed by atoms with Gasteiger partial charge in [0.2, 0.25) is 5.54 Å². The molecule has 1 rings (SSSR count). The number of oxime groups is 1. The van der Waals surface area contributed by atoms with Crippen LogP contribution in [0, 0.1) is 5.41 Å². The molecule has 0 aromatic heterocycles. The first kappa shape index (κ1) is 14.6. The quantitative estimate of drug-likeness (QED) is 0.572. The van der Waals surface area contributed by atoms with E-state index in [0.29, 0.717) is 11.4 Å². The lowest BCUT2D eigenvalue weighted by molar-refractivity contribution is -0.133. The van der Waals surface area contributed by atoms with Gasteiger partial charge in [0.1, 0.15) is 7.11 Å². The van der Waals surface area contributed by atoms with Crippen LogP contribution in [0.1, 0.15) is 27.7 Å². The van der Waals surface area contributed by atoms with E-state index in [4.69, 9.17) is 4.84 Å². The molecular weight excluding hydrogens is 236 g/mol. The number of likely N-dealkylation sites (N-methyl/N-ethyl adjacent to an activating group) is 1. The summed E-state index contributed by atoms with van der Waals surface area (Å²) in [5.41, 5.74) is 0.985. The summed E-state index contributed by atoms with van der Waals surface area (Å²) in [5, 5.41) is 18.7. The highest BCUT2D eigenvalue weighted by Gasteiger charge is 2.56. The summed E-state index contributed by atoms with van der Waals surface area (Å²) in [7, 11) is 2.92. The molecule has 1 atom stereocenters. The Morgan fingerprint density at radius 2 is 2.11 bits per heavy atom. The molecule has 2 N–H and O–H groups in total.